The van der Waals surface area contributed by atoms with E-state index >= 15 is 0 Å². The van der Waals surface area contributed by atoms with Crippen molar-refractivity contribution in [2.75, 3.05) is 13.7 Å². The first kappa shape index (κ1) is 12.5. The van der Waals surface area contributed by atoms with Crippen LogP contribution in [0.3, 0.4) is 0 Å². The van der Waals surface area contributed by atoms with Gasteiger partial charge in [0, 0.05) is 12.1 Å². The second-order valence-electron chi connectivity index (χ2n) is 5.69. The summed E-state index contributed by atoms with van der Waals surface area (Å²) in [4.78, 5) is 14.7. The summed E-state index contributed by atoms with van der Waals surface area (Å²) >= 11 is 0. The molecule has 3 nitrogen and oxygen atoms in total. The van der Waals surface area contributed by atoms with Gasteiger partial charge in [-0.3, -0.25) is 4.79 Å². The van der Waals surface area contributed by atoms with Gasteiger partial charge in [-0.05, 0) is 47.7 Å². The summed E-state index contributed by atoms with van der Waals surface area (Å²) in [6.45, 7) is 0.790. The van der Waals surface area contributed by atoms with Crippen LogP contribution < -0.4 is 4.74 Å². The first-order chi connectivity index (χ1) is 10.3. The Morgan fingerprint density at radius 3 is 2.86 bits per heavy atom. The Morgan fingerprint density at radius 1 is 1.14 bits per heavy atom. The zero-order valence-electron chi connectivity index (χ0n) is 12.0. The van der Waals surface area contributed by atoms with E-state index in [2.05, 4.69) is 18.2 Å². The topological polar surface area (TPSA) is 29.5 Å². The standard InChI is InChI=1S/C18H17NO2/c1-21-14-6-7-15-13(10-14)8-9-19-17(15)11-12-4-2-3-5-16(12)18(19)20/h2-7,10,17H,8-9,11H2,1H3. The first-order valence-corrected chi connectivity index (χ1v) is 7.33. The fourth-order valence-electron chi connectivity index (χ4n) is 3.55. The number of carbonyl (C=O) groups is 1. The van der Waals surface area contributed by atoms with E-state index < -0.39 is 0 Å². The van der Waals surface area contributed by atoms with E-state index in [0.717, 1.165) is 36.3 Å². The van der Waals surface area contributed by atoms with E-state index in [1.54, 1.807) is 7.11 Å². The average molecular weight is 279 g/mol. The van der Waals surface area contributed by atoms with E-state index in [1.807, 2.05) is 29.2 Å². The Morgan fingerprint density at radius 2 is 2.00 bits per heavy atom. The molecule has 2 aliphatic rings. The van der Waals surface area contributed by atoms with Crippen molar-refractivity contribution < 1.29 is 9.53 Å². The van der Waals surface area contributed by atoms with Gasteiger partial charge in [0.15, 0.2) is 0 Å². The van der Waals surface area contributed by atoms with Crippen LogP contribution in [0.25, 0.3) is 0 Å². The van der Waals surface area contributed by atoms with E-state index in [1.165, 1.54) is 11.1 Å². The predicted octanol–water partition coefficient (Wildman–Crippen LogP) is 2.99. The summed E-state index contributed by atoms with van der Waals surface area (Å²) in [6, 6.07) is 14.4. The Labute approximate surface area is 124 Å². The van der Waals surface area contributed by atoms with E-state index in [4.69, 9.17) is 4.74 Å². The average Bonchev–Trinajstić information content (AvgIpc) is 2.54. The Kier molecular flexibility index (Phi) is 2.74. The van der Waals surface area contributed by atoms with Crippen LogP contribution in [0.2, 0.25) is 0 Å². The first-order valence-electron chi connectivity index (χ1n) is 7.33. The van der Waals surface area contributed by atoms with E-state index in [0.29, 0.717) is 0 Å². The van der Waals surface area contributed by atoms with Crippen molar-refractivity contribution in [1.29, 1.82) is 0 Å². The van der Waals surface area contributed by atoms with E-state index in [9.17, 15) is 4.79 Å². The van der Waals surface area contributed by atoms with Crippen LogP contribution in [0.15, 0.2) is 42.5 Å². The molecule has 0 spiro atoms. The number of hydrogen-bond donors (Lipinski definition) is 0. The van der Waals surface area contributed by atoms with Crippen molar-refractivity contribution in [1.82, 2.24) is 4.90 Å². The number of carbonyl (C=O) groups excluding carboxylic acids is 1. The molecule has 0 fully saturated rings. The number of fused-ring (bicyclic) bond motifs is 4. The summed E-state index contributed by atoms with van der Waals surface area (Å²) < 4.78 is 5.31. The van der Waals surface area contributed by atoms with E-state index in [-0.39, 0.29) is 11.9 Å². The number of nitrogens with zero attached hydrogens (tertiary/aromatic N) is 1. The van der Waals surface area contributed by atoms with Crippen LogP contribution in [0.4, 0.5) is 0 Å². The van der Waals surface area contributed by atoms with Crippen LogP contribution in [0.1, 0.15) is 33.1 Å². The Bertz CT molecular complexity index is 723. The lowest BCUT2D eigenvalue weighted by Gasteiger charge is -2.41. The maximum Gasteiger partial charge on any atom is 0.254 e. The lowest BCUT2D eigenvalue weighted by Crippen LogP contribution is -2.44. The molecule has 0 aromatic heterocycles. The molecule has 21 heavy (non-hydrogen) atoms. The third-order valence-electron chi connectivity index (χ3n) is 4.63. The van der Waals surface area contributed by atoms with Gasteiger partial charge >= 0.3 is 0 Å². The van der Waals surface area contributed by atoms with Gasteiger partial charge in [0.2, 0.25) is 0 Å². The highest BCUT2D eigenvalue weighted by Gasteiger charge is 2.36. The zero-order chi connectivity index (χ0) is 14.4. The van der Waals surface area contributed by atoms with Gasteiger partial charge in [0.05, 0.1) is 13.2 Å². The molecule has 2 aromatic rings. The SMILES string of the molecule is COc1ccc2c(c1)CCN1C(=O)c3ccccc3CC21. The summed E-state index contributed by atoms with van der Waals surface area (Å²) in [5, 5.41) is 0. The van der Waals surface area contributed by atoms with Crippen LogP contribution in [-0.2, 0) is 12.8 Å². The summed E-state index contributed by atoms with van der Waals surface area (Å²) in [6.07, 6.45) is 1.80. The quantitative estimate of drug-likeness (QED) is 0.803. The Balaban J connectivity index is 1.80. The normalized spacial score (nSPS) is 19.6. The Hall–Kier alpha value is -2.29. The molecule has 4 rings (SSSR count). The number of methoxy groups -OCH3 is 1. The highest BCUT2D eigenvalue weighted by atomic mass is 16.5. The largest absolute Gasteiger partial charge is 0.497 e. The molecular formula is C18H17NO2. The summed E-state index contributed by atoms with van der Waals surface area (Å²) in [7, 11) is 1.69. The maximum atomic E-state index is 12.7. The minimum absolute atomic E-state index is 0.169. The number of ether oxygens (including phenoxy) is 1. The number of amides is 1. The second kappa shape index (κ2) is 4.62. The number of hydrogen-bond acceptors (Lipinski definition) is 2. The van der Waals surface area contributed by atoms with Crippen LogP contribution in [0.5, 0.6) is 5.75 Å². The monoisotopic (exact) mass is 279 g/mol. The lowest BCUT2D eigenvalue weighted by atomic mass is 9.84. The number of rotatable bonds is 1. The molecule has 1 unspecified atom stereocenters. The van der Waals surface area contributed by atoms with Crippen molar-refractivity contribution in [3.8, 4) is 5.75 Å². The molecule has 2 aromatic carbocycles. The van der Waals surface area contributed by atoms with Gasteiger partial charge in [0.1, 0.15) is 5.75 Å². The van der Waals surface area contributed by atoms with Crippen molar-refractivity contribution in [3.05, 3.63) is 64.7 Å². The third-order valence-corrected chi connectivity index (χ3v) is 4.63. The molecule has 0 saturated carbocycles. The molecule has 2 heterocycles. The molecule has 1 atom stereocenters. The molecule has 0 saturated heterocycles. The molecule has 106 valence electrons. The van der Waals surface area contributed by atoms with Gasteiger partial charge in [-0.1, -0.05) is 24.3 Å². The van der Waals surface area contributed by atoms with Crippen molar-refractivity contribution in [3.63, 3.8) is 0 Å². The molecule has 0 aliphatic carbocycles. The molecule has 1 amide bonds. The molecule has 3 heteroatoms. The van der Waals surface area contributed by atoms with Crippen molar-refractivity contribution in [2.24, 2.45) is 0 Å². The second-order valence-corrected chi connectivity index (χ2v) is 5.69. The molecular weight excluding hydrogens is 262 g/mol. The van der Waals surface area contributed by atoms with Crippen LogP contribution in [0, 0.1) is 0 Å². The van der Waals surface area contributed by atoms with Crippen LogP contribution in [-0.4, -0.2) is 24.5 Å². The number of benzene rings is 2. The summed E-state index contributed by atoms with van der Waals surface area (Å²) in [5.74, 6) is 1.06. The molecule has 0 N–H and O–H groups in total. The smallest absolute Gasteiger partial charge is 0.254 e. The van der Waals surface area contributed by atoms with Gasteiger partial charge in [0.25, 0.3) is 5.91 Å². The van der Waals surface area contributed by atoms with Gasteiger partial charge in [-0.15, -0.1) is 0 Å². The lowest BCUT2D eigenvalue weighted by molar-refractivity contribution is 0.0632. The highest BCUT2D eigenvalue weighted by Crippen LogP contribution is 2.38. The van der Waals surface area contributed by atoms with Crippen molar-refractivity contribution >= 4 is 5.91 Å². The fraction of sp³-hybridized carbons (Fsp3) is 0.278. The minimum atomic E-state index is 0.169. The predicted molar refractivity (Wildman–Crippen MR) is 80.6 cm³/mol. The summed E-state index contributed by atoms with van der Waals surface area (Å²) in [5.41, 5.74) is 4.60. The van der Waals surface area contributed by atoms with Crippen LogP contribution >= 0.6 is 0 Å². The zero-order valence-corrected chi connectivity index (χ0v) is 12.0. The van der Waals surface area contributed by atoms with Crippen molar-refractivity contribution in [2.45, 2.75) is 18.9 Å². The maximum absolute atomic E-state index is 12.7. The molecule has 0 bridgehead atoms. The highest BCUT2D eigenvalue weighted by molar-refractivity contribution is 5.97. The van der Waals surface area contributed by atoms with Gasteiger partial charge in [-0.2, -0.15) is 0 Å². The fourth-order valence-corrected chi connectivity index (χ4v) is 3.55. The molecule has 2 aliphatic heterocycles. The third kappa shape index (κ3) is 1.84. The molecule has 0 radical (unpaired) electrons. The van der Waals surface area contributed by atoms with Gasteiger partial charge < -0.3 is 9.64 Å². The van der Waals surface area contributed by atoms with Gasteiger partial charge in [-0.25, -0.2) is 0 Å². The minimum Gasteiger partial charge on any atom is -0.497 e.